The molecule has 16 heavy (non-hydrogen) atoms. The summed E-state index contributed by atoms with van der Waals surface area (Å²) in [5.41, 5.74) is 0. The molecule has 0 aliphatic rings. The molecule has 4 nitrogen and oxygen atoms in total. The van der Waals surface area contributed by atoms with E-state index in [4.69, 9.17) is 16.7 Å². The molecule has 0 fully saturated rings. The zero-order chi connectivity index (χ0) is 12.2. The SMILES string of the molecule is C=CCN(CCO)S(=O)(=O)c1ccc(Cl)s1. The summed E-state index contributed by atoms with van der Waals surface area (Å²) >= 11 is 6.69. The first-order valence-corrected chi connectivity index (χ1v) is 7.13. The first kappa shape index (κ1) is 13.7. The Labute approximate surface area is 104 Å². The molecular weight excluding hydrogens is 270 g/mol. The number of hydrogen-bond acceptors (Lipinski definition) is 4. The van der Waals surface area contributed by atoms with Gasteiger partial charge in [-0.05, 0) is 12.1 Å². The number of hydrogen-bond donors (Lipinski definition) is 1. The van der Waals surface area contributed by atoms with Gasteiger partial charge in [-0.2, -0.15) is 4.31 Å². The Kier molecular flexibility index (Phi) is 4.94. The number of thiophene rings is 1. The van der Waals surface area contributed by atoms with Crippen LogP contribution in [0.1, 0.15) is 0 Å². The van der Waals surface area contributed by atoms with Gasteiger partial charge in [0, 0.05) is 13.1 Å². The highest BCUT2D eigenvalue weighted by atomic mass is 35.5. The summed E-state index contributed by atoms with van der Waals surface area (Å²) in [6, 6.07) is 2.99. The smallest absolute Gasteiger partial charge is 0.252 e. The highest BCUT2D eigenvalue weighted by Crippen LogP contribution is 2.27. The second kappa shape index (κ2) is 5.79. The van der Waals surface area contributed by atoms with E-state index in [9.17, 15) is 8.42 Å². The van der Waals surface area contributed by atoms with Gasteiger partial charge >= 0.3 is 0 Å². The molecule has 0 amide bonds. The van der Waals surface area contributed by atoms with Crippen LogP contribution in [-0.2, 0) is 10.0 Å². The maximum Gasteiger partial charge on any atom is 0.252 e. The molecule has 1 heterocycles. The average molecular weight is 282 g/mol. The van der Waals surface area contributed by atoms with Crippen molar-refractivity contribution in [2.45, 2.75) is 4.21 Å². The molecule has 1 N–H and O–H groups in total. The van der Waals surface area contributed by atoms with E-state index in [1.54, 1.807) is 0 Å². The predicted octanol–water partition coefficient (Wildman–Crippen LogP) is 1.57. The second-order valence-corrected chi connectivity index (χ2v) is 6.81. The van der Waals surface area contributed by atoms with Gasteiger partial charge in [-0.1, -0.05) is 17.7 Å². The molecule has 7 heteroatoms. The monoisotopic (exact) mass is 281 g/mol. The summed E-state index contributed by atoms with van der Waals surface area (Å²) in [6.45, 7) is 3.47. The standard InChI is InChI=1S/C9H12ClNO3S2/c1-2-5-11(6-7-12)16(13,14)9-4-3-8(10)15-9/h2-4,12H,1,5-7H2. The van der Waals surface area contributed by atoms with E-state index in [-0.39, 0.29) is 23.9 Å². The van der Waals surface area contributed by atoms with Crippen molar-refractivity contribution in [2.24, 2.45) is 0 Å². The van der Waals surface area contributed by atoms with Crippen LogP contribution in [0.15, 0.2) is 29.0 Å². The third kappa shape index (κ3) is 3.05. The highest BCUT2D eigenvalue weighted by Gasteiger charge is 2.24. The molecule has 1 rings (SSSR count). The summed E-state index contributed by atoms with van der Waals surface area (Å²) in [6.07, 6.45) is 1.47. The number of nitrogens with zero attached hydrogens (tertiary/aromatic N) is 1. The van der Waals surface area contributed by atoms with Crippen molar-refractivity contribution in [3.63, 3.8) is 0 Å². The number of sulfonamides is 1. The highest BCUT2D eigenvalue weighted by molar-refractivity contribution is 7.91. The van der Waals surface area contributed by atoms with Crippen LogP contribution in [0.3, 0.4) is 0 Å². The lowest BCUT2D eigenvalue weighted by Gasteiger charge is -2.18. The predicted molar refractivity (Wildman–Crippen MR) is 65.4 cm³/mol. The lowest BCUT2D eigenvalue weighted by molar-refractivity contribution is 0.260. The van der Waals surface area contributed by atoms with Gasteiger partial charge in [-0.3, -0.25) is 0 Å². The van der Waals surface area contributed by atoms with Crippen LogP contribution in [0.2, 0.25) is 4.34 Å². The molecule has 1 aromatic rings. The van der Waals surface area contributed by atoms with E-state index in [2.05, 4.69) is 6.58 Å². The van der Waals surface area contributed by atoms with Crippen molar-refractivity contribution in [1.29, 1.82) is 0 Å². The Balaban J connectivity index is 3.02. The van der Waals surface area contributed by atoms with Gasteiger partial charge in [-0.25, -0.2) is 8.42 Å². The van der Waals surface area contributed by atoms with Gasteiger partial charge in [0.15, 0.2) is 0 Å². The molecule has 90 valence electrons. The van der Waals surface area contributed by atoms with Crippen LogP contribution in [0.5, 0.6) is 0 Å². The maximum absolute atomic E-state index is 12.0. The first-order chi connectivity index (χ1) is 7.52. The molecule has 0 unspecified atom stereocenters. The molecule has 0 bridgehead atoms. The molecule has 0 aliphatic heterocycles. The van der Waals surface area contributed by atoms with E-state index in [0.29, 0.717) is 4.34 Å². The molecule has 1 aromatic heterocycles. The van der Waals surface area contributed by atoms with Crippen molar-refractivity contribution < 1.29 is 13.5 Å². The third-order valence-corrected chi connectivity index (χ3v) is 5.39. The molecule has 0 aliphatic carbocycles. The van der Waals surface area contributed by atoms with Crippen molar-refractivity contribution in [3.8, 4) is 0 Å². The summed E-state index contributed by atoms with van der Waals surface area (Å²) in [7, 11) is -3.57. The maximum atomic E-state index is 12.0. The lowest BCUT2D eigenvalue weighted by atomic mass is 10.6. The first-order valence-electron chi connectivity index (χ1n) is 4.49. The van der Waals surface area contributed by atoms with Crippen LogP contribution in [-0.4, -0.2) is 37.5 Å². The molecule has 0 saturated heterocycles. The average Bonchev–Trinajstić information content (AvgIpc) is 2.65. The minimum absolute atomic E-state index is 0.0455. The normalized spacial score (nSPS) is 11.9. The van der Waals surface area contributed by atoms with Crippen LogP contribution < -0.4 is 0 Å². The molecule has 0 radical (unpaired) electrons. The molecule has 0 saturated carbocycles. The zero-order valence-electron chi connectivity index (χ0n) is 8.47. The minimum Gasteiger partial charge on any atom is -0.395 e. The van der Waals surface area contributed by atoms with Gasteiger partial charge in [0.2, 0.25) is 0 Å². The number of halogens is 1. The van der Waals surface area contributed by atoms with Crippen molar-refractivity contribution in [2.75, 3.05) is 19.7 Å². The zero-order valence-corrected chi connectivity index (χ0v) is 10.9. The quantitative estimate of drug-likeness (QED) is 0.805. The Morgan fingerprint density at radius 2 is 2.25 bits per heavy atom. The fraction of sp³-hybridized carbons (Fsp3) is 0.333. The van der Waals surface area contributed by atoms with E-state index >= 15 is 0 Å². The van der Waals surface area contributed by atoms with Gasteiger partial charge in [0.05, 0.1) is 10.9 Å². The van der Waals surface area contributed by atoms with Crippen molar-refractivity contribution in [3.05, 3.63) is 29.1 Å². The second-order valence-electron chi connectivity index (χ2n) is 2.93. The Hall–Kier alpha value is -0.400. The van der Waals surface area contributed by atoms with Crippen LogP contribution >= 0.6 is 22.9 Å². The number of aliphatic hydroxyl groups is 1. The van der Waals surface area contributed by atoms with Gasteiger partial charge in [0.25, 0.3) is 10.0 Å². The van der Waals surface area contributed by atoms with E-state index in [1.165, 1.54) is 18.2 Å². The summed E-state index contributed by atoms with van der Waals surface area (Å²) in [5.74, 6) is 0. The van der Waals surface area contributed by atoms with Crippen LogP contribution in [0.25, 0.3) is 0 Å². The van der Waals surface area contributed by atoms with Gasteiger partial charge in [0.1, 0.15) is 4.21 Å². The van der Waals surface area contributed by atoms with Crippen LogP contribution in [0.4, 0.5) is 0 Å². The van der Waals surface area contributed by atoms with E-state index in [1.807, 2.05) is 0 Å². The number of rotatable bonds is 6. The minimum atomic E-state index is -3.57. The fourth-order valence-electron chi connectivity index (χ4n) is 1.13. The molecule has 0 aromatic carbocycles. The van der Waals surface area contributed by atoms with E-state index in [0.717, 1.165) is 15.6 Å². The van der Waals surface area contributed by atoms with Gasteiger partial charge in [-0.15, -0.1) is 17.9 Å². The Morgan fingerprint density at radius 3 is 2.69 bits per heavy atom. The summed E-state index contributed by atoms with van der Waals surface area (Å²) < 4.78 is 25.8. The van der Waals surface area contributed by atoms with Crippen molar-refractivity contribution in [1.82, 2.24) is 4.31 Å². The largest absolute Gasteiger partial charge is 0.395 e. The fourth-order valence-corrected chi connectivity index (χ4v) is 4.17. The van der Waals surface area contributed by atoms with E-state index < -0.39 is 10.0 Å². The van der Waals surface area contributed by atoms with Gasteiger partial charge < -0.3 is 5.11 Å². The Bertz CT molecular complexity index is 455. The molecular formula is C9H12ClNO3S2. The lowest BCUT2D eigenvalue weighted by Crippen LogP contribution is -2.33. The number of aliphatic hydroxyl groups excluding tert-OH is 1. The summed E-state index contributed by atoms with van der Waals surface area (Å²) in [4.78, 5) is 0. The molecule has 0 atom stereocenters. The summed E-state index contributed by atoms with van der Waals surface area (Å²) in [5, 5.41) is 8.82. The Morgan fingerprint density at radius 1 is 1.56 bits per heavy atom. The topological polar surface area (TPSA) is 57.6 Å². The van der Waals surface area contributed by atoms with Crippen LogP contribution in [0, 0.1) is 0 Å². The third-order valence-electron chi connectivity index (χ3n) is 1.82. The molecule has 0 spiro atoms. The van der Waals surface area contributed by atoms with Crippen molar-refractivity contribution >= 4 is 33.0 Å².